The van der Waals surface area contributed by atoms with Gasteiger partial charge >= 0.3 is 0 Å². The molecule has 1 unspecified atom stereocenters. The van der Waals surface area contributed by atoms with Crippen LogP contribution in [0.5, 0.6) is 0 Å². The highest BCUT2D eigenvalue weighted by molar-refractivity contribution is 5.96. The van der Waals surface area contributed by atoms with Crippen LogP contribution in [0.25, 0.3) is 22.4 Å². The zero-order valence-electron chi connectivity index (χ0n) is 18.3. The number of rotatable bonds is 6. The van der Waals surface area contributed by atoms with Gasteiger partial charge in [-0.25, -0.2) is 0 Å². The van der Waals surface area contributed by atoms with Gasteiger partial charge in [-0.1, -0.05) is 97.9 Å². The lowest BCUT2D eigenvalue weighted by atomic mass is 9.81. The molecule has 5 rings (SSSR count). The van der Waals surface area contributed by atoms with Crippen molar-refractivity contribution in [2.45, 2.75) is 32.2 Å². The Balaban J connectivity index is 1.68. The molecule has 1 amide bonds. The summed E-state index contributed by atoms with van der Waals surface area (Å²) in [6.45, 7) is 2.57. The molecule has 1 aliphatic carbocycles. The van der Waals surface area contributed by atoms with Crippen molar-refractivity contribution in [1.82, 2.24) is 5.32 Å². The van der Waals surface area contributed by atoms with Crippen LogP contribution in [0.4, 0.5) is 0 Å². The molecule has 32 heavy (non-hydrogen) atoms. The SMILES string of the molecule is CCCC(=O)NCc1c(C2C(c3ccccc3)=Cc3ccccc32)ccc2ccccc12. The molecule has 4 aromatic rings. The van der Waals surface area contributed by atoms with E-state index in [0.29, 0.717) is 13.0 Å². The van der Waals surface area contributed by atoms with Crippen LogP contribution < -0.4 is 5.32 Å². The first kappa shape index (κ1) is 20.3. The largest absolute Gasteiger partial charge is 0.352 e. The number of carbonyl (C=O) groups is 1. The van der Waals surface area contributed by atoms with Gasteiger partial charge < -0.3 is 5.32 Å². The quantitative estimate of drug-likeness (QED) is 0.362. The third-order valence-electron chi connectivity index (χ3n) is 6.36. The molecule has 0 fully saturated rings. The average molecular weight is 418 g/mol. The number of carbonyl (C=O) groups excluding carboxylic acids is 1. The van der Waals surface area contributed by atoms with E-state index in [1.54, 1.807) is 0 Å². The predicted molar refractivity (Wildman–Crippen MR) is 133 cm³/mol. The Labute approximate surface area is 189 Å². The van der Waals surface area contributed by atoms with Gasteiger partial charge in [0.05, 0.1) is 0 Å². The molecule has 4 aromatic carbocycles. The second-order valence-electron chi connectivity index (χ2n) is 8.41. The predicted octanol–water partition coefficient (Wildman–Crippen LogP) is 6.94. The van der Waals surface area contributed by atoms with Gasteiger partial charge in [0.2, 0.25) is 5.91 Å². The molecule has 0 aromatic heterocycles. The second kappa shape index (κ2) is 8.84. The molecular formula is C30H27NO. The standard InChI is InChI=1S/C30H27NO/c1-2-10-29(32)31-20-28-24-15-8-6-13-22(24)17-18-26(28)30-25-16-9-7-14-23(25)19-27(30)21-11-4-3-5-12-21/h3-9,11-19,30H,2,10,20H2,1H3,(H,31,32). The smallest absolute Gasteiger partial charge is 0.220 e. The van der Waals surface area contributed by atoms with Crippen LogP contribution in [0.15, 0.2) is 91.0 Å². The molecule has 1 atom stereocenters. The van der Waals surface area contributed by atoms with Crippen LogP contribution >= 0.6 is 0 Å². The van der Waals surface area contributed by atoms with Crippen LogP contribution in [0, 0.1) is 0 Å². The number of amides is 1. The van der Waals surface area contributed by atoms with E-state index in [1.165, 1.54) is 44.2 Å². The van der Waals surface area contributed by atoms with Gasteiger partial charge in [-0.05, 0) is 56.7 Å². The molecule has 0 heterocycles. The van der Waals surface area contributed by atoms with Crippen molar-refractivity contribution in [3.8, 4) is 0 Å². The van der Waals surface area contributed by atoms with E-state index in [0.717, 1.165) is 6.42 Å². The van der Waals surface area contributed by atoms with Crippen LogP contribution in [-0.2, 0) is 11.3 Å². The van der Waals surface area contributed by atoms with Crippen molar-refractivity contribution in [2.24, 2.45) is 0 Å². The Bertz CT molecular complexity index is 1300. The minimum atomic E-state index is 0.108. The lowest BCUT2D eigenvalue weighted by Crippen LogP contribution is -2.23. The first-order chi connectivity index (χ1) is 15.8. The maximum Gasteiger partial charge on any atom is 0.220 e. The van der Waals surface area contributed by atoms with E-state index in [1.807, 2.05) is 6.92 Å². The first-order valence-corrected chi connectivity index (χ1v) is 11.4. The normalized spacial score (nSPS) is 14.8. The van der Waals surface area contributed by atoms with Gasteiger partial charge in [-0.3, -0.25) is 4.79 Å². The Hall–Kier alpha value is -3.65. The highest BCUT2D eigenvalue weighted by Crippen LogP contribution is 2.47. The number of benzene rings is 4. The highest BCUT2D eigenvalue weighted by Gasteiger charge is 2.29. The molecule has 1 aliphatic rings. The molecule has 0 saturated heterocycles. The average Bonchev–Trinajstić information content (AvgIpc) is 3.22. The number of allylic oxidation sites excluding steroid dienone is 1. The maximum absolute atomic E-state index is 12.3. The summed E-state index contributed by atoms with van der Waals surface area (Å²) < 4.78 is 0. The van der Waals surface area contributed by atoms with Crippen LogP contribution in [0.2, 0.25) is 0 Å². The Morgan fingerprint density at radius 2 is 1.56 bits per heavy atom. The molecule has 0 radical (unpaired) electrons. The summed E-state index contributed by atoms with van der Waals surface area (Å²) in [7, 11) is 0. The fourth-order valence-corrected chi connectivity index (χ4v) is 4.86. The molecule has 0 saturated carbocycles. The van der Waals surface area contributed by atoms with E-state index >= 15 is 0 Å². The summed E-state index contributed by atoms with van der Waals surface area (Å²) in [4.78, 5) is 12.3. The molecule has 2 nitrogen and oxygen atoms in total. The maximum atomic E-state index is 12.3. The molecule has 0 bridgehead atoms. The highest BCUT2D eigenvalue weighted by atomic mass is 16.1. The molecular weight excluding hydrogens is 390 g/mol. The van der Waals surface area contributed by atoms with E-state index in [2.05, 4.69) is 102 Å². The molecule has 158 valence electrons. The monoisotopic (exact) mass is 417 g/mol. The van der Waals surface area contributed by atoms with Gasteiger partial charge in [0.1, 0.15) is 0 Å². The van der Waals surface area contributed by atoms with Crippen LogP contribution in [-0.4, -0.2) is 5.91 Å². The third kappa shape index (κ3) is 3.73. The zero-order valence-corrected chi connectivity index (χ0v) is 18.3. The molecule has 1 N–H and O–H groups in total. The van der Waals surface area contributed by atoms with Gasteiger partial charge in [0, 0.05) is 18.9 Å². The van der Waals surface area contributed by atoms with Crippen molar-refractivity contribution in [3.63, 3.8) is 0 Å². The van der Waals surface area contributed by atoms with E-state index in [4.69, 9.17) is 0 Å². The van der Waals surface area contributed by atoms with Gasteiger partial charge in [-0.15, -0.1) is 0 Å². The number of fused-ring (bicyclic) bond motifs is 2. The van der Waals surface area contributed by atoms with Crippen molar-refractivity contribution in [3.05, 3.63) is 119 Å². The van der Waals surface area contributed by atoms with E-state index in [-0.39, 0.29) is 11.8 Å². The fourth-order valence-electron chi connectivity index (χ4n) is 4.86. The van der Waals surface area contributed by atoms with E-state index < -0.39 is 0 Å². The van der Waals surface area contributed by atoms with Gasteiger partial charge in [0.15, 0.2) is 0 Å². The van der Waals surface area contributed by atoms with Crippen LogP contribution in [0.1, 0.15) is 53.5 Å². The molecule has 2 heteroatoms. The van der Waals surface area contributed by atoms with Crippen molar-refractivity contribution < 1.29 is 4.79 Å². The van der Waals surface area contributed by atoms with Crippen molar-refractivity contribution in [2.75, 3.05) is 0 Å². The third-order valence-corrected chi connectivity index (χ3v) is 6.36. The minimum absolute atomic E-state index is 0.108. The summed E-state index contributed by atoms with van der Waals surface area (Å²) in [6, 6.07) is 32.2. The van der Waals surface area contributed by atoms with Crippen LogP contribution in [0.3, 0.4) is 0 Å². The second-order valence-corrected chi connectivity index (χ2v) is 8.41. The van der Waals surface area contributed by atoms with Gasteiger partial charge in [-0.2, -0.15) is 0 Å². The first-order valence-electron chi connectivity index (χ1n) is 11.4. The van der Waals surface area contributed by atoms with Gasteiger partial charge in [0.25, 0.3) is 0 Å². The number of hydrogen-bond donors (Lipinski definition) is 1. The zero-order chi connectivity index (χ0) is 21.9. The lowest BCUT2D eigenvalue weighted by Gasteiger charge is -2.23. The Morgan fingerprint density at radius 3 is 2.41 bits per heavy atom. The summed E-state index contributed by atoms with van der Waals surface area (Å²) >= 11 is 0. The van der Waals surface area contributed by atoms with Crippen molar-refractivity contribution >= 4 is 28.3 Å². The number of hydrogen-bond acceptors (Lipinski definition) is 1. The Morgan fingerprint density at radius 1 is 0.812 bits per heavy atom. The minimum Gasteiger partial charge on any atom is -0.352 e. The fraction of sp³-hybridized carbons (Fsp3) is 0.167. The summed E-state index contributed by atoms with van der Waals surface area (Å²) in [6.07, 6.45) is 3.73. The van der Waals surface area contributed by atoms with E-state index in [9.17, 15) is 4.79 Å². The summed E-state index contributed by atoms with van der Waals surface area (Å²) in [5.41, 5.74) is 7.61. The topological polar surface area (TPSA) is 29.1 Å². The summed E-state index contributed by atoms with van der Waals surface area (Å²) in [5, 5.41) is 5.58. The summed E-state index contributed by atoms with van der Waals surface area (Å²) in [5.74, 6) is 0.244. The lowest BCUT2D eigenvalue weighted by molar-refractivity contribution is -0.121. The number of nitrogens with one attached hydrogen (secondary N) is 1. The molecule has 0 spiro atoms. The van der Waals surface area contributed by atoms with Crippen molar-refractivity contribution in [1.29, 1.82) is 0 Å². The molecule has 0 aliphatic heterocycles. The Kier molecular flexibility index (Phi) is 5.60.